The number of hydrogen-bond donors (Lipinski definition) is 1. The first kappa shape index (κ1) is 12.3. The Morgan fingerprint density at radius 2 is 2.00 bits per heavy atom. The molecule has 2 unspecified atom stereocenters. The maximum atomic E-state index is 10.6. The molecule has 0 aromatic carbocycles. The number of ether oxygens (including phenoxy) is 2. The van der Waals surface area contributed by atoms with Crippen molar-refractivity contribution in [2.24, 2.45) is 0 Å². The average molecular weight is 229 g/mol. The predicted octanol–water partition coefficient (Wildman–Crippen LogP) is 0.637. The summed E-state index contributed by atoms with van der Waals surface area (Å²) in [5.41, 5.74) is -0.496. The molecule has 16 heavy (non-hydrogen) atoms. The minimum atomic E-state index is -0.496. The van der Waals surface area contributed by atoms with Gasteiger partial charge >= 0.3 is 0 Å². The fraction of sp³-hybridized carbons (Fsp3) is 1.00. The molecule has 0 amide bonds. The first-order valence-electron chi connectivity index (χ1n) is 6.16. The van der Waals surface area contributed by atoms with E-state index >= 15 is 0 Å². The van der Waals surface area contributed by atoms with E-state index in [1.54, 1.807) is 7.11 Å². The van der Waals surface area contributed by atoms with E-state index in [1.807, 2.05) is 0 Å². The Bertz CT molecular complexity index is 220. The summed E-state index contributed by atoms with van der Waals surface area (Å²) in [7, 11) is 3.86. The van der Waals surface area contributed by atoms with Gasteiger partial charge in [-0.1, -0.05) is 0 Å². The number of morpholine rings is 1. The van der Waals surface area contributed by atoms with E-state index in [1.165, 1.54) is 0 Å². The summed E-state index contributed by atoms with van der Waals surface area (Å²) in [6, 6.07) is 0.778. The molecular formula is C12H23NO3. The zero-order valence-electron chi connectivity index (χ0n) is 10.3. The summed E-state index contributed by atoms with van der Waals surface area (Å²) >= 11 is 0. The van der Waals surface area contributed by atoms with Gasteiger partial charge in [-0.05, 0) is 32.7 Å². The van der Waals surface area contributed by atoms with Crippen LogP contribution in [-0.2, 0) is 9.47 Å². The van der Waals surface area contributed by atoms with Crippen LogP contribution in [0.15, 0.2) is 0 Å². The van der Waals surface area contributed by atoms with Crippen molar-refractivity contribution in [3.8, 4) is 0 Å². The van der Waals surface area contributed by atoms with Gasteiger partial charge in [0, 0.05) is 25.8 Å². The number of fused-ring (bicyclic) bond motifs is 2. The Kier molecular flexibility index (Phi) is 3.85. The van der Waals surface area contributed by atoms with E-state index in [-0.39, 0.29) is 0 Å². The van der Waals surface area contributed by atoms with Crippen LogP contribution in [0, 0.1) is 0 Å². The zero-order valence-corrected chi connectivity index (χ0v) is 10.3. The number of hydrogen-bond acceptors (Lipinski definition) is 4. The SMILES string of the molecule is COCCCC1(O)CC2COCC(C1)N2C. The lowest BCUT2D eigenvalue weighted by Crippen LogP contribution is -2.60. The first-order chi connectivity index (χ1) is 7.64. The van der Waals surface area contributed by atoms with E-state index in [2.05, 4.69) is 11.9 Å². The number of nitrogens with zero attached hydrogens (tertiary/aromatic N) is 1. The molecule has 1 N–H and O–H groups in total. The number of rotatable bonds is 4. The summed E-state index contributed by atoms with van der Waals surface area (Å²) < 4.78 is 10.6. The summed E-state index contributed by atoms with van der Waals surface area (Å²) in [5.74, 6) is 0. The van der Waals surface area contributed by atoms with Crippen LogP contribution in [-0.4, -0.2) is 61.7 Å². The Morgan fingerprint density at radius 3 is 2.56 bits per heavy atom. The standard InChI is InChI=1S/C12H23NO3/c1-13-10-6-12(14,4-3-5-15-2)7-11(13)9-16-8-10/h10-11,14H,3-9H2,1-2H3. The molecule has 2 aliphatic rings. The third-order valence-corrected chi connectivity index (χ3v) is 3.99. The summed E-state index contributed by atoms with van der Waals surface area (Å²) in [6.07, 6.45) is 3.46. The predicted molar refractivity (Wildman–Crippen MR) is 61.5 cm³/mol. The smallest absolute Gasteiger partial charge is 0.0680 e. The van der Waals surface area contributed by atoms with Gasteiger partial charge in [0.2, 0.25) is 0 Å². The molecule has 0 radical (unpaired) electrons. The van der Waals surface area contributed by atoms with Crippen molar-refractivity contribution in [2.45, 2.75) is 43.4 Å². The molecule has 2 atom stereocenters. The molecular weight excluding hydrogens is 206 g/mol. The molecule has 0 aromatic heterocycles. The molecule has 2 aliphatic heterocycles. The van der Waals surface area contributed by atoms with Gasteiger partial charge in [-0.15, -0.1) is 0 Å². The largest absolute Gasteiger partial charge is 0.390 e. The molecule has 2 bridgehead atoms. The van der Waals surface area contributed by atoms with E-state index in [4.69, 9.17) is 9.47 Å². The minimum absolute atomic E-state index is 0.389. The summed E-state index contributed by atoms with van der Waals surface area (Å²) in [5, 5.41) is 10.6. The lowest BCUT2D eigenvalue weighted by molar-refractivity contribution is -0.137. The zero-order chi connectivity index (χ0) is 11.6. The molecule has 4 nitrogen and oxygen atoms in total. The van der Waals surface area contributed by atoms with E-state index in [0.717, 1.165) is 45.5 Å². The van der Waals surface area contributed by atoms with Gasteiger partial charge in [-0.25, -0.2) is 0 Å². The Labute approximate surface area is 97.5 Å². The molecule has 2 saturated heterocycles. The number of aliphatic hydroxyl groups is 1. The molecule has 0 spiro atoms. The van der Waals surface area contributed by atoms with Crippen LogP contribution < -0.4 is 0 Å². The van der Waals surface area contributed by atoms with Gasteiger partial charge in [0.25, 0.3) is 0 Å². The topological polar surface area (TPSA) is 41.9 Å². The molecule has 2 rings (SSSR count). The van der Waals surface area contributed by atoms with Crippen molar-refractivity contribution in [3.63, 3.8) is 0 Å². The van der Waals surface area contributed by atoms with Crippen LogP contribution in [0.2, 0.25) is 0 Å². The van der Waals surface area contributed by atoms with Crippen LogP contribution in [0.3, 0.4) is 0 Å². The second kappa shape index (κ2) is 5.00. The van der Waals surface area contributed by atoms with Crippen molar-refractivity contribution < 1.29 is 14.6 Å². The van der Waals surface area contributed by atoms with Crippen molar-refractivity contribution in [1.29, 1.82) is 0 Å². The number of methoxy groups -OCH3 is 1. The third-order valence-electron chi connectivity index (χ3n) is 3.99. The molecule has 0 aliphatic carbocycles. The minimum Gasteiger partial charge on any atom is -0.390 e. The lowest BCUT2D eigenvalue weighted by atomic mass is 9.79. The van der Waals surface area contributed by atoms with Crippen LogP contribution in [0.25, 0.3) is 0 Å². The van der Waals surface area contributed by atoms with Gasteiger partial charge in [0.1, 0.15) is 0 Å². The molecule has 0 aromatic rings. The van der Waals surface area contributed by atoms with Crippen LogP contribution in [0.5, 0.6) is 0 Å². The second-order valence-electron chi connectivity index (χ2n) is 5.24. The van der Waals surface area contributed by atoms with Crippen molar-refractivity contribution in [2.75, 3.05) is 34.0 Å². The summed E-state index contributed by atoms with van der Waals surface area (Å²) in [4.78, 5) is 2.37. The lowest BCUT2D eigenvalue weighted by Gasteiger charge is -2.50. The molecule has 4 heteroatoms. The van der Waals surface area contributed by atoms with Crippen molar-refractivity contribution in [1.82, 2.24) is 4.90 Å². The number of piperidine rings is 1. The fourth-order valence-electron chi connectivity index (χ4n) is 2.99. The number of likely N-dealkylation sites (N-methyl/N-ethyl adjacent to an activating group) is 1. The average Bonchev–Trinajstić information content (AvgIpc) is 2.21. The highest BCUT2D eigenvalue weighted by Gasteiger charge is 2.43. The molecule has 2 fully saturated rings. The molecule has 94 valence electrons. The Morgan fingerprint density at radius 1 is 1.38 bits per heavy atom. The quantitative estimate of drug-likeness (QED) is 0.718. The van der Waals surface area contributed by atoms with Gasteiger partial charge in [-0.2, -0.15) is 0 Å². The van der Waals surface area contributed by atoms with E-state index in [0.29, 0.717) is 12.1 Å². The highest BCUT2D eigenvalue weighted by atomic mass is 16.5. The van der Waals surface area contributed by atoms with E-state index < -0.39 is 5.60 Å². The van der Waals surface area contributed by atoms with Crippen LogP contribution in [0.1, 0.15) is 25.7 Å². The summed E-state index contributed by atoms with van der Waals surface area (Å²) in [6.45, 7) is 2.27. The highest BCUT2D eigenvalue weighted by molar-refractivity contribution is 4.97. The molecule has 2 heterocycles. The fourth-order valence-corrected chi connectivity index (χ4v) is 2.99. The Balaban J connectivity index is 1.92. The van der Waals surface area contributed by atoms with Gasteiger partial charge in [0.05, 0.1) is 18.8 Å². The van der Waals surface area contributed by atoms with Crippen LogP contribution in [0.4, 0.5) is 0 Å². The van der Waals surface area contributed by atoms with Gasteiger partial charge < -0.3 is 14.6 Å². The van der Waals surface area contributed by atoms with E-state index in [9.17, 15) is 5.11 Å². The maximum Gasteiger partial charge on any atom is 0.0680 e. The molecule has 0 saturated carbocycles. The maximum absolute atomic E-state index is 10.6. The van der Waals surface area contributed by atoms with Crippen molar-refractivity contribution >= 4 is 0 Å². The first-order valence-corrected chi connectivity index (χ1v) is 6.16. The van der Waals surface area contributed by atoms with Gasteiger partial charge in [-0.3, -0.25) is 4.90 Å². The van der Waals surface area contributed by atoms with Crippen LogP contribution >= 0.6 is 0 Å². The highest BCUT2D eigenvalue weighted by Crippen LogP contribution is 2.36. The third kappa shape index (κ3) is 2.56. The second-order valence-corrected chi connectivity index (χ2v) is 5.24. The Hall–Kier alpha value is -0.160. The normalized spacial score (nSPS) is 39.9. The van der Waals surface area contributed by atoms with Gasteiger partial charge in [0.15, 0.2) is 0 Å². The monoisotopic (exact) mass is 229 g/mol. The van der Waals surface area contributed by atoms with Crippen molar-refractivity contribution in [3.05, 3.63) is 0 Å².